The second-order valence-corrected chi connectivity index (χ2v) is 6.14. The van der Waals surface area contributed by atoms with Crippen molar-refractivity contribution in [2.45, 2.75) is 40.0 Å². The Morgan fingerprint density at radius 2 is 1.83 bits per heavy atom. The molecular weight excluding hydrogens is 298 g/mol. The van der Waals surface area contributed by atoms with Gasteiger partial charge < -0.3 is 10.1 Å². The van der Waals surface area contributed by atoms with Gasteiger partial charge in [-0.2, -0.15) is 0 Å². The van der Waals surface area contributed by atoms with Crippen molar-refractivity contribution in [2.24, 2.45) is 0 Å². The van der Waals surface area contributed by atoms with Crippen molar-refractivity contribution in [1.29, 1.82) is 0 Å². The molecule has 0 atom stereocenters. The summed E-state index contributed by atoms with van der Waals surface area (Å²) < 4.78 is 5.61. The van der Waals surface area contributed by atoms with Gasteiger partial charge in [0.2, 0.25) is 5.91 Å². The number of hydrogen-bond donors (Lipinski definition) is 1. The Kier molecular flexibility index (Phi) is 6.76. The summed E-state index contributed by atoms with van der Waals surface area (Å²) in [5, 5.41) is 2.91. The summed E-state index contributed by atoms with van der Waals surface area (Å²) in [5.41, 5.74) is 4.41. The molecule has 2 rings (SSSR count). The molecule has 24 heavy (non-hydrogen) atoms. The molecule has 1 amide bonds. The maximum Gasteiger partial charge on any atom is 0.244 e. The average Bonchev–Trinajstić information content (AvgIpc) is 2.58. The highest BCUT2D eigenvalue weighted by atomic mass is 16.5. The molecule has 0 unspecified atom stereocenters. The number of carbonyl (C=O) groups excluding carboxylic acids is 1. The van der Waals surface area contributed by atoms with Crippen molar-refractivity contribution in [2.75, 3.05) is 0 Å². The number of ether oxygens (including phenoxy) is 1. The van der Waals surface area contributed by atoms with Crippen LogP contribution in [0.25, 0.3) is 6.08 Å². The Labute approximate surface area is 144 Å². The number of rotatable bonds is 7. The first-order valence-electron chi connectivity index (χ1n) is 8.25. The molecule has 2 aromatic carbocycles. The van der Waals surface area contributed by atoms with Gasteiger partial charge in [0.05, 0.1) is 12.7 Å². The first-order chi connectivity index (χ1) is 11.5. The van der Waals surface area contributed by atoms with Crippen LogP contribution >= 0.6 is 0 Å². The van der Waals surface area contributed by atoms with E-state index in [1.807, 2.05) is 69.3 Å². The van der Waals surface area contributed by atoms with Crippen LogP contribution < -0.4 is 5.32 Å². The molecule has 0 saturated heterocycles. The molecule has 1 N–H and O–H groups in total. The smallest absolute Gasteiger partial charge is 0.244 e. The Hall–Kier alpha value is -2.39. The molecule has 3 heteroatoms. The van der Waals surface area contributed by atoms with Crippen LogP contribution in [-0.2, 0) is 22.7 Å². The van der Waals surface area contributed by atoms with Gasteiger partial charge in [-0.3, -0.25) is 4.79 Å². The number of hydrogen-bond acceptors (Lipinski definition) is 2. The molecular formula is C21H25NO2. The molecule has 3 nitrogen and oxygen atoms in total. The van der Waals surface area contributed by atoms with E-state index in [9.17, 15) is 4.79 Å². The van der Waals surface area contributed by atoms with Crippen LogP contribution in [0.1, 0.15) is 36.1 Å². The second kappa shape index (κ2) is 9.04. The lowest BCUT2D eigenvalue weighted by atomic mass is 10.1. The standard InChI is InChI=1S/C21H25NO2/c1-16(2)24-15-20-6-4-5-19(13-20)14-22-21(23)12-11-18-9-7-17(3)8-10-18/h4-13,16H,14-15H2,1-3H3,(H,22,23)/b12-11+. The van der Waals surface area contributed by atoms with Crippen molar-refractivity contribution in [3.05, 3.63) is 76.9 Å². The summed E-state index contributed by atoms with van der Waals surface area (Å²) in [6, 6.07) is 16.1. The fraction of sp³-hybridized carbons (Fsp3) is 0.286. The van der Waals surface area contributed by atoms with E-state index in [-0.39, 0.29) is 12.0 Å². The highest BCUT2D eigenvalue weighted by Gasteiger charge is 2.00. The zero-order valence-corrected chi connectivity index (χ0v) is 14.6. The van der Waals surface area contributed by atoms with E-state index in [1.54, 1.807) is 6.08 Å². The topological polar surface area (TPSA) is 38.3 Å². The lowest BCUT2D eigenvalue weighted by molar-refractivity contribution is -0.116. The number of nitrogens with one attached hydrogen (secondary N) is 1. The first kappa shape index (κ1) is 18.0. The number of aryl methyl sites for hydroxylation is 1. The molecule has 0 aliphatic heterocycles. The van der Waals surface area contributed by atoms with E-state index in [0.717, 1.165) is 16.7 Å². The molecule has 2 aromatic rings. The summed E-state index contributed by atoms with van der Waals surface area (Å²) in [6.07, 6.45) is 3.60. The molecule has 0 heterocycles. The van der Waals surface area contributed by atoms with Crippen LogP contribution in [0.4, 0.5) is 0 Å². The predicted molar refractivity (Wildman–Crippen MR) is 98.4 cm³/mol. The quantitative estimate of drug-likeness (QED) is 0.774. The van der Waals surface area contributed by atoms with Gasteiger partial charge in [0.1, 0.15) is 0 Å². The maximum absolute atomic E-state index is 11.9. The summed E-state index contributed by atoms with van der Waals surface area (Å²) in [5.74, 6) is -0.0978. The maximum atomic E-state index is 11.9. The van der Waals surface area contributed by atoms with Crippen molar-refractivity contribution >= 4 is 12.0 Å². The van der Waals surface area contributed by atoms with E-state index < -0.39 is 0 Å². The number of carbonyl (C=O) groups is 1. The summed E-state index contributed by atoms with van der Waals surface area (Å²) >= 11 is 0. The highest BCUT2D eigenvalue weighted by Crippen LogP contribution is 2.08. The molecule has 0 spiro atoms. The molecule has 0 aromatic heterocycles. The molecule has 0 aliphatic rings. The average molecular weight is 323 g/mol. The van der Waals surface area contributed by atoms with Gasteiger partial charge in [0, 0.05) is 12.6 Å². The monoisotopic (exact) mass is 323 g/mol. The fourth-order valence-electron chi connectivity index (χ4n) is 2.19. The third kappa shape index (κ3) is 6.39. The van der Waals surface area contributed by atoms with Crippen LogP contribution in [-0.4, -0.2) is 12.0 Å². The van der Waals surface area contributed by atoms with Gasteiger partial charge in [-0.05, 0) is 43.5 Å². The predicted octanol–water partition coefficient (Wildman–Crippen LogP) is 4.25. The lowest BCUT2D eigenvalue weighted by Crippen LogP contribution is -2.20. The summed E-state index contributed by atoms with van der Waals surface area (Å²) in [7, 11) is 0. The number of benzene rings is 2. The van der Waals surface area contributed by atoms with E-state index >= 15 is 0 Å². The molecule has 126 valence electrons. The minimum absolute atomic E-state index is 0.0978. The number of amides is 1. The van der Waals surface area contributed by atoms with Gasteiger partial charge in [0.25, 0.3) is 0 Å². The summed E-state index contributed by atoms with van der Waals surface area (Å²) in [4.78, 5) is 11.9. The van der Waals surface area contributed by atoms with E-state index in [4.69, 9.17) is 4.74 Å². The van der Waals surface area contributed by atoms with Gasteiger partial charge >= 0.3 is 0 Å². The largest absolute Gasteiger partial charge is 0.374 e. The van der Waals surface area contributed by atoms with Gasteiger partial charge in [-0.25, -0.2) is 0 Å². The van der Waals surface area contributed by atoms with Crippen LogP contribution in [0.2, 0.25) is 0 Å². The van der Waals surface area contributed by atoms with Crippen LogP contribution in [0.15, 0.2) is 54.6 Å². The SMILES string of the molecule is Cc1ccc(/C=C/C(=O)NCc2cccc(COC(C)C)c2)cc1. The molecule has 0 bridgehead atoms. The Bertz CT molecular complexity index is 687. The zero-order valence-electron chi connectivity index (χ0n) is 14.6. The van der Waals surface area contributed by atoms with E-state index in [2.05, 4.69) is 11.4 Å². The molecule has 0 fully saturated rings. The fourth-order valence-corrected chi connectivity index (χ4v) is 2.19. The summed E-state index contributed by atoms with van der Waals surface area (Å²) in [6.45, 7) is 7.18. The third-order valence-corrected chi connectivity index (χ3v) is 3.55. The minimum Gasteiger partial charge on any atom is -0.374 e. The van der Waals surface area contributed by atoms with Crippen LogP contribution in [0, 0.1) is 6.92 Å². The van der Waals surface area contributed by atoms with Crippen molar-refractivity contribution in [1.82, 2.24) is 5.32 Å². The van der Waals surface area contributed by atoms with Crippen LogP contribution in [0.3, 0.4) is 0 Å². The Balaban J connectivity index is 1.85. The lowest BCUT2D eigenvalue weighted by Gasteiger charge is -2.09. The third-order valence-electron chi connectivity index (χ3n) is 3.55. The van der Waals surface area contributed by atoms with Gasteiger partial charge in [-0.1, -0.05) is 54.1 Å². The highest BCUT2D eigenvalue weighted by molar-refractivity contribution is 5.91. The van der Waals surface area contributed by atoms with Crippen molar-refractivity contribution in [3.63, 3.8) is 0 Å². The van der Waals surface area contributed by atoms with Crippen molar-refractivity contribution < 1.29 is 9.53 Å². The normalized spacial score (nSPS) is 11.2. The van der Waals surface area contributed by atoms with E-state index in [0.29, 0.717) is 13.2 Å². The first-order valence-corrected chi connectivity index (χ1v) is 8.25. The van der Waals surface area contributed by atoms with E-state index in [1.165, 1.54) is 5.56 Å². The van der Waals surface area contributed by atoms with Gasteiger partial charge in [-0.15, -0.1) is 0 Å². The molecule has 0 aliphatic carbocycles. The molecule has 0 radical (unpaired) electrons. The second-order valence-electron chi connectivity index (χ2n) is 6.14. The van der Waals surface area contributed by atoms with Gasteiger partial charge in [0.15, 0.2) is 0 Å². The Morgan fingerprint density at radius 3 is 2.54 bits per heavy atom. The minimum atomic E-state index is -0.0978. The zero-order chi connectivity index (χ0) is 17.4. The van der Waals surface area contributed by atoms with Crippen LogP contribution in [0.5, 0.6) is 0 Å². The Morgan fingerprint density at radius 1 is 1.12 bits per heavy atom. The van der Waals surface area contributed by atoms with Crippen molar-refractivity contribution in [3.8, 4) is 0 Å². The molecule has 0 saturated carbocycles.